The van der Waals surface area contributed by atoms with E-state index in [1.165, 1.54) is 28.7 Å². The van der Waals surface area contributed by atoms with Gasteiger partial charge in [0.25, 0.3) is 32.1 Å². The number of amides is 3. The van der Waals surface area contributed by atoms with Crippen LogP contribution in [0.25, 0.3) is 0 Å². The predicted molar refractivity (Wildman–Crippen MR) is 304 cm³/mol. The molecule has 2 unspecified atom stereocenters. The van der Waals surface area contributed by atoms with Gasteiger partial charge in [0, 0.05) is 57.6 Å². The molecule has 0 radical (unpaired) electrons. The summed E-state index contributed by atoms with van der Waals surface area (Å²) in [4.78, 5) is 58.3. The lowest BCUT2D eigenvalue weighted by molar-refractivity contribution is -0.118. The summed E-state index contributed by atoms with van der Waals surface area (Å²) in [5.74, 6) is 0.676. The second-order valence-corrected chi connectivity index (χ2v) is 27.6. The summed E-state index contributed by atoms with van der Waals surface area (Å²) >= 11 is 0. The van der Waals surface area contributed by atoms with E-state index in [0.717, 1.165) is 49.4 Å². The largest absolute Gasteiger partial charge is 0.493 e. The van der Waals surface area contributed by atoms with Crippen LogP contribution in [0.3, 0.4) is 0 Å². The molecule has 0 aliphatic carbocycles. The number of anilines is 3. The van der Waals surface area contributed by atoms with E-state index < -0.39 is 47.3 Å². The highest BCUT2D eigenvalue weighted by molar-refractivity contribution is 8.77. The number of Topliss-reactive ketones (excluding diaryl/α,β-unsaturated/α-hetero) is 1. The smallest absolute Gasteiger partial charge is 0.277 e. The molecule has 4 atom stereocenters. The molecule has 4 heterocycles. The highest BCUT2D eigenvalue weighted by Gasteiger charge is 2.48. The van der Waals surface area contributed by atoms with E-state index in [0.29, 0.717) is 87.0 Å². The van der Waals surface area contributed by atoms with E-state index in [1.54, 1.807) is 30.0 Å². The van der Waals surface area contributed by atoms with E-state index in [9.17, 15) is 36.0 Å². The zero-order valence-electron chi connectivity index (χ0n) is 44.8. The minimum atomic E-state index is -4.10. The quantitative estimate of drug-likeness (QED) is 0.0390. The lowest BCUT2D eigenvalue weighted by atomic mass is 9.97. The highest BCUT2D eigenvalue weighted by Crippen LogP contribution is 2.44. The number of aryl methyl sites for hydroxylation is 2. The molecule has 78 heavy (non-hydrogen) atoms. The van der Waals surface area contributed by atoms with E-state index in [-0.39, 0.29) is 62.7 Å². The van der Waals surface area contributed by atoms with Crippen LogP contribution in [0.1, 0.15) is 113 Å². The average molecular weight is 1140 g/mol. The fourth-order valence-electron chi connectivity index (χ4n) is 11.0. The molecule has 5 aromatic carbocycles. The minimum Gasteiger partial charge on any atom is -0.493 e. The van der Waals surface area contributed by atoms with Gasteiger partial charge in [0.1, 0.15) is 29.5 Å². The van der Waals surface area contributed by atoms with Crippen LogP contribution in [0.15, 0.2) is 91.0 Å². The van der Waals surface area contributed by atoms with Gasteiger partial charge in [0.2, 0.25) is 5.91 Å². The van der Waals surface area contributed by atoms with Gasteiger partial charge in [-0.15, -0.1) is 0 Å². The van der Waals surface area contributed by atoms with Gasteiger partial charge in [-0.3, -0.25) is 27.5 Å². The van der Waals surface area contributed by atoms with Gasteiger partial charge in [0.15, 0.2) is 17.3 Å². The molecule has 5 aromatic rings. The number of nitrogens with zero attached hydrogens (tertiary/aromatic N) is 2. The van der Waals surface area contributed by atoms with Crippen molar-refractivity contribution in [2.24, 2.45) is 0 Å². The molecule has 0 spiro atoms. The number of nitrogens with one attached hydrogen (secondary N) is 1. The van der Waals surface area contributed by atoms with Crippen LogP contribution in [0.4, 0.5) is 17.1 Å². The van der Waals surface area contributed by atoms with Gasteiger partial charge >= 0.3 is 0 Å². The summed E-state index contributed by atoms with van der Waals surface area (Å²) < 4.78 is 80.3. The molecule has 0 saturated heterocycles. The van der Waals surface area contributed by atoms with Crippen LogP contribution in [-0.4, -0.2) is 94.8 Å². The van der Waals surface area contributed by atoms with Gasteiger partial charge in [-0.2, -0.15) is 16.8 Å². The average Bonchev–Trinajstić information content (AvgIpc) is 4.17. The topological polar surface area (TPSA) is 201 Å². The summed E-state index contributed by atoms with van der Waals surface area (Å²) in [7, 11) is -1.43. The first-order chi connectivity index (χ1) is 37.2. The molecule has 1 N–H and O–H groups in total. The maximum Gasteiger partial charge on any atom is 0.277 e. The number of hydrogen-bond acceptors (Lipinski definition) is 15. The molecular formula is C58H65N3O13S4. The number of hydrogen-bond donors (Lipinski definition) is 1. The molecular weight excluding hydrogens is 1070 g/mol. The van der Waals surface area contributed by atoms with E-state index in [4.69, 9.17) is 18.4 Å². The minimum absolute atomic E-state index is 0.0201. The van der Waals surface area contributed by atoms with Gasteiger partial charge in [-0.05, 0) is 159 Å². The number of ketones is 1. The van der Waals surface area contributed by atoms with Crippen LogP contribution < -0.4 is 29.3 Å². The maximum absolute atomic E-state index is 14.4. The number of methoxy groups -OCH3 is 1. The van der Waals surface area contributed by atoms with Crippen molar-refractivity contribution in [1.82, 2.24) is 0 Å². The molecule has 16 nitrogen and oxygen atoms in total. The monoisotopic (exact) mass is 1140 g/mol. The summed E-state index contributed by atoms with van der Waals surface area (Å²) in [5, 5.41) is 0.789. The molecule has 3 amide bonds. The number of para-hydroxylation sites is 2. The molecule has 4 aliphatic heterocycles. The lowest BCUT2D eigenvalue weighted by Crippen LogP contribution is -2.47. The van der Waals surface area contributed by atoms with Crippen molar-refractivity contribution >= 4 is 82.4 Å². The van der Waals surface area contributed by atoms with Crippen molar-refractivity contribution in [3.05, 3.63) is 141 Å². The van der Waals surface area contributed by atoms with Gasteiger partial charge < -0.3 is 29.3 Å². The summed E-state index contributed by atoms with van der Waals surface area (Å²) in [5.41, 5.74) is 8.52. The fraction of sp³-hybridized carbons (Fsp3) is 0.414. The van der Waals surface area contributed by atoms with E-state index >= 15 is 0 Å². The Hall–Kier alpha value is -5.90. The number of carbonyl (C=O) groups excluding carboxylic acids is 4. The molecule has 4 aliphatic rings. The molecule has 414 valence electrons. The SMILES string of the molecule is CCC(=O)C(CCSSC(C)(C)CCC(=O)Nc1cc(COc2cc3c(cc2C)C(=O)N2c4ccccc4C[C@H]2C(S(=O)(=O)OC)C3)cc(COc2cc3c(cc2OC)C(=O)N2c4ccccc4C[C@H]2CC3)c1)S(=O)(=O)OC. The third-order valence-electron chi connectivity index (χ3n) is 15.1. The summed E-state index contributed by atoms with van der Waals surface area (Å²) in [6, 6.07) is 27.5. The molecule has 0 aromatic heterocycles. The van der Waals surface area contributed by atoms with Crippen molar-refractivity contribution in [1.29, 1.82) is 0 Å². The first kappa shape index (κ1) is 56.8. The number of ether oxygens (including phenoxy) is 3. The summed E-state index contributed by atoms with van der Waals surface area (Å²) in [6.45, 7) is 7.53. The van der Waals surface area contributed by atoms with Crippen molar-refractivity contribution in [2.45, 2.75) is 126 Å². The lowest BCUT2D eigenvalue weighted by Gasteiger charge is -2.28. The molecule has 20 heteroatoms. The van der Waals surface area contributed by atoms with Gasteiger partial charge in [-0.25, -0.2) is 0 Å². The Morgan fingerprint density at radius 1 is 0.744 bits per heavy atom. The zero-order chi connectivity index (χ0) is 55.7. The van der Waals surface area contributed by atoms with Crippen LogP contribution in [0.5, 0.6) is 17.2 Å². The Labute approximate surface area is 464 Å². The normalized spacial score (nSPS) is 18.1. The van der Waals surface area contributed by atoms with Crippen molar-refractivity contribution < 1.29 is 58.6 Å². The standard InChI is InChI=1S/C58H65N3O13S4/c1-8-49(62)53(77(66,67)71-6)20-22-75-76-58(3,4)21-19-55(63)59-42-25-36(24-37(26-42)34-74-52-29-38-17-18-43-27-39-13-9-11-15-46(39)60(43)56(64)45(38)32-51(52)70-5)33-73-50-30-41-31-54(78(68,69)72-7)48-28-40-14-10-12-16-47(40)61(48)57(65)44(41)23-35(50)2/h9-16,23-26,29-30,32,43,48,53-54H,8,17-22,27-28,31,33-34H2,1-7H3,(H,59,63)/t43-,48+,53?,54?/m1/s1. The van der Waals surface area contributed by atoms with E-state index in [2.05, 4.69) is 15.6 Å². The van der Waals surface area contributed by atoms with Crippen molar-refractivity contribution in [3.8, 4) is 17.2 Å². The Morgan fingerprint density at radius 3 is 2.04 bits per heavy atom. The van der Waals surface area contributed by atoms with Crippen molar-refractivity contribution in [2.75, 3.05) is 42.2 Å². The Bertz CT molecular complexity index is 3380. The van der Waals surface area contributed by atoms with Crippen LogP contribution >= 0.6 is 21.6 Å². The van der Waals surface area contributed by atoms with Crippen LogP contribution in [0, 0.1) is 6.92 Å². The first-order valence-electron chi connectivity index (χ1n) is 26.0. The molecule has 9 rings (SSSR count). The van der Waals surface area contributed by atoms with Gasteiger partial charge in [-0.1, -0.05) is 64.9 Å². The second kappa shape index (κ2) is 23.4. The Morgan fingerprint density at radius 2 is 1.37 bits per heavy atom. The first-order valence-corrected chi connectivity index (χ1v) is 31.3. The van der Waals surface area contributed by atoms with Gasteiger partial charge in [0.05, 0.1) is 27.4 Å². The fourth-order valence-corrected chi connectivity index (χ4v) is 16.2. The second-order valence-electron chi connectivity index (χ2n) is 20.7. The van der Waals surface area contributed by atoms with Crippen LogP contribution in [0.2, 0.25) is 0 Å². The van der Waals surface area contributed by atoms with Crippen LogP contribution in [-0.2, 0) is 77.1 Å². The number of carbonyl (C=O) groups is 4. The predicted octanol–water partition coefficient (Wildman–Crippen LogP) is 9.74. The van der Waals surface area contributed by atoms with E-state index in [1.807, 2.05) is 92.4 Å². The molecule has 0 bridgehead atoms. The number of rotatable bonds is 22. The summed E-state index contributed by atoms with van der Waals surface area (Å²) in [6.07, 6.45) is 3.45. The molecule has 0 saturated carbocycles. The highest BCUT2D eigenvalue weighted by atomic mass is 33.1. The third kappa shape index (κ3) is 12.0. The molecule has 0 fully saturated rings. The van der Waals surface area contributed by atoms with Crippen molar-refractivity contribution in [3.63, 3.8) is 0 Å². The third-order valence-corrected chi connectivity index (χ3v) is 21.8. The number of benzene rings is 5. The maximum atomic E-state index is 14.4. The number of fused-ring (bicyclic) bond motifs is 8. The Balaban J connectivity index is 0.946. The zero-order valence-corrected chi connectivity index (χ0v) is 48.1. The Kier molecular flexibility index (Phi) is 17.1.